The molecule has 2 aromatic carbocycles. The van der Waals surface area contributed by atoms with Gasteiger partial charge in [0.2, 0.25) is 11.8 Å². The lowest BCUT2D eigenvalue weighted by Gasteiger charge is -2.17. The standard InChI is InChI=1S/C23H28N2O2/c1-3-7-21-15-25(16-22(21)24-17(2)26)23(27)14-18-10-12-20(13-11-18)19-8-5-4-6-9-19/h4-6,8-13,21-22H,3,7,14-16H2,1-2H3,(H,24,26)/t21-,22-/m1/s1. The van der Waals surface area contributed by atoms with Gasteiger partial charge in [-0.3, -0.25) is 9.59 Å². The summed E-state index contributed by atoms with van der Waals surface area (Å²) in [6.07, 6.45) is 2.49. The third-order valence-electron chi connectivity index (χ3n) is 5.26. The number of carbonyl (C=O) groups is 2. The fourth-order valence-electron chi connectivity index (χ4n) is 3.89. The lowest BCUT2D eigenvalue weighted by Crippen LogP contribution is -2.40. The van der Waals surface area contributed by atoms with Gasteiger partial charge in [0.25, 0.3) is 0 Å². The van der Waals surface area contributed by atoms with Crippen LogP contribution >= 0.6 is 0 Å². The Morgan fingerprint density at radius 2 is 1.67 bits per heavy atom. The van der Waals surface area contributed by atoms with Crippen LogP contribution < -0.4 is 5.32 Å². The molecule has 1 aliphatic rings. The molecule has 1 saturated heterocycles. The van der Waals surface area contributed by atoms with Gasteiger partial charge in [-0.25, -0.2) is 0 Å². The lowest BCUT2D eigenvalue weighted by atomic mass is 9.98. The van der Waals surface area contributed by atoms with Gasteiger partial charge in [-0.05, 0) is 29.0 Å². The zero-order chi connectivity index (χ0) is 19.2. The van der Waals surface area contributed by atoms with Crippen LogP contribution in [-0.4, -0.2) is 35.8 Å². The average Bonchev–Trinajstić information content (AvgIpc) is 3.05. The number of rotatable bonds is 6. The molecular formula is C23H28N2O2. The summed E-state index contributed by atoms with van der Waals surface area (Å²) in [6, 6.07) is 18.5. The molecule has 142 valence electrons. The highest BCUT2D eigenvalue weighted by molar-refractivity contribution is 5.80. The van der Waals surface area contributed by atoms with Crippen LogP contribution in [0.1, 0.15) is 32.3 Å². The van der Waals surface area contributed by atoms with E-state index in [9.17, 15) is 9.59 Å². The SMILES string of the molecule is CCC[C@@H]1CN(C(=O)Cc2ccc(-c3ccccc3)cc2)C[C@H]1NC(C)=O. The number of amides is 2. The summed E-state index contributed by atoms with van der Waals surface area (Å²) in [6.45, 7) is 5.04. The van der Waals surface area contributed by atoms with Gasteiger partial charge in [0.05, 0.1) is 12.5 Å². The van der Waals surface area contributed by atoms with Crippen molar-refractivity contribution in [2.24, 2.45) is 5.92 Å². The molecule has 3 rings (SSSR count). The number of nitrogens with zero attached hydrogens (tertiary/aromatic N) is 1. The van der Waals surface area contributed by atoms with Crippen LogP contribution in [0, 0.1) is 5.92 Å². The molecule has 0 saturated carbocycles. The summed E-state index contributed by atoms with van der Waals surface area (Å²) < 4.78 is 0. The minimum atomic E-state index is -0.0214. The van der Waals surface area contributed by atoms with E-state index in [-0.39, 0.29) is 17.9 Å². The smallest absolute Gasteiger partial charge is 0.227 e. The third-order valence-corrected chi connectivity index (χ3v) is 5.26. The normalized spacial score (nSPS) is 19.1. The van der Waals surface area contributed by atoms with Crippen LogP contribution in [0.15, 0.2) is 54.6 Å². The van der Waals surface area contributed by atoms with E-state index in [1.165, 1.54) is 5.56 Å². The fourth-order valence-corrected chi connectivity index (χ4v) is 3.89. The summed E-state index contributed by atoms with van der Waals surface area (Å²) in [7, 11) is 0. The van der Waals surface area contributed by atoms with Gasteiger partial charge in [0.1, 0.15) is 0 Å². The molecule has 0 radical (unpaired) electrons. The van der Waals surface area contributed by atoms with Crippen LogP contribution in [0.4, 0.5) is 0 Å². The first-order valence-corrected chi connectivity index (χ1v) is 9.76. The lowest BCUT2D eigenvalue weighted by molar-refractivity contribution is -0.129. The molecule has 1 N–H and O–H groups in total. The Morgan fingerprint density at radius 3 is 2.30 bits per heavy atom. The predicted octanol–water partition coefficient (Wildman–Crippen LogP) is 3.66. The number of carbonyl (C=O) groups excluding carboxylic acids is 2. The topological polar surface area (TPSA) is 49.4 Å². The van der Waals surface area contributed by atoms with Crippen LogP contribution in [-0.2, 0) is 16.0 Å². The van der Waals surface area contributed by atoms with Crippen molar-refractivity contribution in [3.05, 3.63) is 60.2 Å². The number of benzene rings is 2. The molecule has 27 heavy (non-hydrogen) atoms. The van der Waals surface area contributed by atoms with Crippen molar-refractivity contribution < 1.29 is 9.59 Å². The van der Waals surface area contributed by atoms with E-state index >= 15 is 0 Å². The summed E-state index contributed by atoms with van der Waals surface area (Å²) in [4.78, 5) is 26.1. The van der Waals surface area contributed by atoms with Crippen molar-refractivity contribution in [1.29, 1.82) is 0 Å². The maximum atomic E-state index is 12.8. The molecule has 2 aromatic rings. The van der Waals surface area contributed by atoms with Crippen LogP contribution in [0.25, 0.3) is 11.1 Å². The molecule has 2 amide bonds. The van der Waals surface area contributed by atoms with Crippen molar-refractivity contribution in [2.75, 3.05) is 13.1 Å². The Labute approximate surface area is 161 Å². The predicted molar refractivity (Wildman–Crippen MR) is 108 cm³/mol. The Bertz CT molecular complexity index is 771. The van der Waals surface area contributed by atoms with Crippen molar-refractivity contribution in [3.8, 4) is 11.1 Å². The summed E-state index contributed by atoms with van der Waals surface area (Å²) >= 11 is 0. The first kappa shape index (κ1) is 19.2. The van der Waals surface area contributed by atoms with Crippen molar-refractivity contribution in [1.82, 2.24) is 10.2 Å². The van der Waals surface area contributed by atoms with E-state index in [1.54, 1.807) is 6.92 Å². The Balaban J connectivity index is 1.62. The van der Waals surface area contributed by atoms with E-state index in [2.05, 4.69) is 36.5 Å². The van der Waals surface area contributed by atoms with Gasteiger partial charge in [-0.2, -0.15) is 0 Å². The number of hydrogen-bond donors (Lipinski definition) is 1. The second-order valence-electron chi connectivity index (χ2n) is 7.39. The second kappa shape index (κ2) is 8.85. The van der Waals surface area contributed by atoms with Crippen LogP contribution in [0.5, 0.6) is 0 Å². The van der Waals surface area contributed by atoms with Crippen molar-refractivity contribution in [3.63, 3.8) is 0 Å². The van der Waals surface area contributed by atoms with Gasteiger partial charge < -0.3 is 10.2 Å². The molecule has 4 heteroatoms. The molecule has 0 bridgehead atoms. The first-order chi connectivity index (χ1) is 13.1. The highest BCUT2D eigenvalue weighted by Crippen LogP contribution is 2.23. The number of hydrogen-bond acceptors (Lipinski definition) is 2. The van der Waals surface area contributed by atoms with Gasteiger partial charge in [-0.15, -0.1) is 0 Å². The van der Waals surface area contributed by atoms with E-state index in [0.717, 1.165) is 30.5 Å². The highest BCUT2D eigenvalue weighted by Gasteiger charge is 2.34. The second-order valence-corrected chi connectivity index (χ2v) is 7.39. The van der Waals surface area contributed by atoms with Gasteiger partial charge in [-0.1, -0.05) is 67.9 Å². The zero-order valence-electron chi connectivity index (χ0n) is 16.2. The molecule has 1 aliphatic heterocycles. The monoisotopic (exact) mass is 364 g/mol. The minimum absolute atomic E-state index is 0.0214. The maximum absolute atomic E-state index is 12.8. The van der Waals surface area contributed by atoms with Gasteiger partial charge in [0.15, 0.2) is 0 Å². The van der Waals surface area contributed by atoms with Gasteiger partial charge >= 0.3 is 0 Å². The maximum Gasteiger partial charge on any atom is 0.227 e. The summed E-state index contributed by atoms with van der Waals surface area (Å²) in [5, 5.41) is 3.02. The summed E-state index contributed by atoms with van der Waals surface area (Å²) in [5.74, 6) is 0.464. The van der Waals surface area contributed by atoms with Gasteiger partial charge in [0, 0.05) is 20.0 Å². The molecule has 0 aromatic heterocycles. The molecule has 0 unspecified atom stereocenters. The number of nitrogens with one attached hydrogen (secondary N) is 1. The largest absolute Gasteiger partial charge is 0.351 e. The van der Waals surface area contributed by atoms with E-state index in [4.69, 9.17) is 0 Å². The van der Waals surface area contributed by atoms with Crippen LogP contribution in [0.3, 0.4) is 0 Å². The molecule has 4 nitrogen and oxygen atoms in total. The van der Waals surface area contributed by atoms with E-state index in [1.807, 2.05) is 35.2 Å². The van der Waals surface area contributed by atoms with Crippen molar-refractivity contribution >= 4 is 11.8 Å². The van der Waals surface area contributed by atoms with E-state index < -0.39 is 0 Å². The summed E-state index contributed by atoms with van der Waals surface area (Å²) in [5.41, 5.74) is 3.35. The highest BCUT2D eigenvalue weighted by atomic mass is 16.2. The Hall–Kier alpha value is -2.62. The quantitative estimate of drug-likeness (QED) is 0.850. The Kier molecular flexibility index (Phi) is 6.28. The van der Waals surface area contributed by atoms with E-state index in [0.29, 0.717) is 18.9 Å². The molecule has 0 spiro atoms. The molecule has 0 aliphatic carbocycles. The molecule has 1 heterocycles. The molecule has 2 atom stereocenters. The third kappa shape index (κ3) is 4.97. The minimum Gasteiger partial charge on any atom is -0.351 e. The zero-order valence-corrected chi connectivity index (χ0v) is 16.2. The van der Waals surface area contributed by atoms with Crippen molar-refractivity contribution in [2.45, 2.75) is 39.2 Å². The number of likely N-dealkylation sites (tertiary alicyclic amines) is 1. The Morgan fingerprint density at radius 1 is 1.00 bits per heavy atom. The van der Waals surface area contributed by atoms with Crippen LogP contribution in [0.2, 0.25) is 0 Å². The first-order valence-electron chi connectivity index (χ1n) is 9.76. The molecule has 1 fully saturated rings. The average molecular weight is 364 g/mol. The molecular weight excluding hydrogens is 336 g/mol. The fraction of sp³-hybridized carbons (Fsp3) is 0.391.